The zero-order chi connectivity index (χ0) is 14.7. The van der Waals surface area contributed by atoms with Crippen LogP contribution in [0.3, 0.4) is 0 Å². The molecule has 0 saturated heterocycles. The van der Waals surface area contributed by atoms with Crippen LogP contribution in [0.25, 0.3) is 0 Å². The van der Waals surface area contributed by atoms with Gasteiger partial charge in [0.1, 0.15) is 5.15 Å². The van der Waals surface area contributed by atoms with E-state index in [-0.39, 0.29) is 6.61 Å². The summed E-state index contributed by atoms with van der Waals surface area (Å²) >= 11 is 12.5. The predicted molar refractivity (Wildman–Crippen MR) is 82.3 cm³/mol. The first-order valence-electron chi connectivity index (χ1n) is 6.61. The van der Waals surface area contributed by atoms with Crippen LogP contribution in [0.2, 0.25) is 10.2 Å². The molecule has 2 rings (SSSR count). The Balaban J connectivity index is 2.33. The highest BCUT2D eigenvalue weighted by Crippen LogP contribution is 2.25. The summed E-state index contributed by atoms with van der Waals surface area (Å²) in [7, 11) is 0. The minimum Gasteiger partial charge on any atom is -0.391 e. The Labute approximate surface area is 129 Å². The molecule has 0 amide bonds. The summed E-state index contributed by atoms with van der Waals surface area (Å²) in [5.41, 5.74) is 2.53. The molecule has 0 saturated carbocycles. The lowest BCUT2D eigenvalue weighted by atomic mass is 10.1. The van der Waals surface area contributed by atoms with E-state index in [2.05, 4.69) is 18.9 Å². The lowest BCUT2D eigenvalue weighted by Gasteiger charge is -2.05. The predicted octanol–water partition coefficient (Wildman–Crippen LogP) is 3.93. The van der Waals surface area contributed by atoms with Crippen LogP contribution < -0.4 is 0 Å². The summed E-state index contributed by atoms with van der Waals surface area (Å²) in [4.78, 5) is 0. The van der Waals surface area contributed by atoms with E-state index in [1.165, 1.54) is 0 Å². The number of halogens is 2. The fourth-order valence-corrected chi connectivity index (χ4v) is 2.59. The first-order chi connectivity index (χ1) is 9.52. The number of aliphatic hydroxyl groups excluding tert-OH is 1. The van der Waals surface area contributed by atoms with Gasteiger partial charge in [0, 0.05) is 10.6 Å². The summed E-state index contributed by atoms with van der Waals surface area (Å²) < 4.78 is 1.70. The normalized spacial score (nSPS) is 11.3. The fourth-order valence-electron chi connectivity index (χ4n) is 2.12. The van der Waals surface area contributed by atoms with Crippen molar-refractivity contribution in [2.75, 3.05) is 0 Å². The van der Waals surface area contributed by atoms with Crippen molar-refractivity contribution in [2.24, 2.45) is 5.92 Å². The average molecular weight is 313 g/mol. The molecule has 0 aliphatic heterocycles. The Hall–Kier alpha value is -1.03. The van der Waals surface area contributed by atoms with Crippen molar-refractivity contribution in [3.63, 3.8) is 0 Å². The number of hydrogen-bond acceptors (Lipinski definition) is 2. The van der Waals surface area contributed by atoms with Gasteiger partial charge in [-0.2, -0.15) is 5.10 Å². The minimum absolute atomic E-state index is 0.0938. The standard InChI is InChI=1S/C15H18Cl2N2O/c1-10(2)7-14-12(9-20)15(17)19(18-14)8-11-5-3-4-6-13(11)16/h3-6,10,20H,7-9H2,1-2H3. The summed E-state index contributed by atoms with van der Waals surface area (Å²) in [6.45, 7) is 4.64. The molecular weight excluding hydrogens is 295 g/mol. The van der Waals surface area contributed by atoms with Crippen molar-refractivity contribution in [1.29, 1.82) is 0 Å². The molecule has 0 fully saturated rings. The minimum atomic E-state index is -0.0938. The second-order valence-corrected chi connectivity index (χ2v) is 5.99. The maximum atomic E-state index is 9.48. The quantitative estimate of drug-likeness (QED) is 0.908. The molecule has 1 heterocycles. The average Bonchev–Trinajstić information content (AvgIpc) is 2.67. The topological polar surface area (TPSA) is 38.0 Å². The van der Waals surface area contributed by atoms with E-state index >= 15 is 0 Å². The Bertz CT molecular complexity index is 594. The summed E-state index contributed by atoms with van der Waals surface area (Å²) in [6, 6.07) is 7.61. The Morgan fingerprint density at radius 3 is 2.55 bits per heavy atom. The van der Waals surface area contributed by atoms with E-state index in [4.69, 9.17) is 23.2 Å². The molecular formula is C15H18Cl2N2O. The summed E-state index contributed by atoms with van der Waals surface area (Å²) in [5.74, 6) is 0.458. The van der Waals surface area contributed by atoms with Crippen molar-refractivity contribution in [2.45, 2.75) is 33.4 Å². The van der Waals surface area contributed by atoms with Crippen LogP contribution >= 0.6 is 23.2 Å². The van der Waals surface area contributed by atoms with Gasteiger partial charge in [-0.3, -0.25) is 0 Å². The van der Waals surface area contributed by atoms with Gasteiger partial charge in [-0.25, -0.2) is 4.68 Å². The van der Waals surface area contributed by atoms with Crippen LogP contribution in [0.5, 0.6) is 0 Å². The molecule has 1 aromatic heterocycles. The van der Waals surface area contributed by atoms with Crippen molar-refractivity contribution in [1.82, 2.24) is 9.78 Å². The smallest absolute Gasteiger partial charge is 0.133 e. The van der Waals surface area contributed by atoms with Crippen LogP contribution in [0.4, 0.5) is 0 Å². The number of benzene rings is 1. The SMILES string of the molecule is CC(C)Cc1nn(Cc2ccccc2Cl)c(Cl)c1CO. The Kier molecular flexibility index (Phi) is 5.08. The molecule has 0 radical (unpaired) electrons. The molecule has 0 aliphatic carbocycles. The number of hydrogen-bond donors (Lipinski definition) is 1. The number of rotatable bonds is 5. The zero-order valence-electron chi connectivity index (χ0n) is 11.6. The van der Waals surface area contributed by atoms with Gasteiger partial charge in [0.05, 0.1) is 18.8 Å². The highest BCUT2D eigenvalue weighted by atomic mass is 35.5. The van der Waals surface area contributed by atoms with E-state index < -0.39 is 0 Å². The van der Waals surface area contributed by atoms with Crippen molar-refractivity contribution >= 4 is 23.2 Å². The third kappa shape index (κ3) is 3.35. The molecule has 1 aromatic carbocycles. The van der Waals surface area contributed by atoms with Crippen molar-refractivity contribution < 1.29 is 5.11 Å². The van der Waals surface area contributed by atoms with Gasteiger partial charge in [-0.15, -0.1) is 0 Å². The molecule has 0 aliphatic rings. The van der Waals surface area contributed by atoms with Gasteiger partial charge in [-0.05, 0) is 24.0 Å². The Morgan fingerprint density at radius 1 is 1.25 bits per heavy atom. The molecule has 1 N–H and O–H groups in total. The molecule has 2 aromatic rings. The molecule has 108 valence electrons. The molecule has 3 nitrogen and oxygen atoms in total. The van der Waals surface area contributed by atoms with E-state index in [1.54, 1.807) is 4.68 Å². The number of nitrogens with zero attached hydrogens (tertiary/aromatic N) is 2. The molecule has 0 spiro atoms. The highest BCUT2D eigenvalue weighted by Gasteiger charge is 2.17. The van der Waals surface area contributed by atoms with Crippen molar-refractivity contribution in [3.05, 3.63) is 51.3 Å². The van der Waals surface area contributed by atoms with Crippen LogP contribution in [0, 0.1) is 5.92 Å². The number of aromatic nitrogens is 2. The maximum absolute atomic E-state index is 9.48. The van der Waals surface area contributed by atoms with E-state index in [0.717, 1.165) is 17.7 Å². The lowest BCUT2D eigenvalue weighted by Crippen LogP contribution is -2.04. The van der Waals surface area contributed by atoms with Gasteiger partial charge in [0.15, 0.2) is 0 Å². The van der Waals surface area contributed by atoms with Gasteiger partial charge >= 0.3 is 0 Å². The maximum Gasteiger partial charge on any atom is 0.133 e. The van der Waals surface area contributed by atoms with Gasteiger partial charge in [0.2, 0.25) is 0 Å². The second-order valence-electron chi connectivity index (χ2n) is 5.22. The van der Waals surface area contributed by atoms with Crippen molar-refractivity contribution in [3.8, 4) is 0 Å². The largest absolute Gasteiger partial charge is 0.391 e. The van der Waals surface area contributed by atoms with Crippen LogP contribution in [0.15, 0.2) is 24.3 Å². The van der Waals surface area contributed by atoms with E-state index in [0.29, 0.717) is 28.2 Å². The van der Waals surface area contributed by atoms with E-state index in [9.17, 15) is 5.11 Å². The fraction of sp³-hybridized carbons (Fsp3) is 0.400. The monoisotopic (exact) mass is 312 g/mol. The molecule has 0 atom stereocenters. The summed E-state index contributed by atoms with van der Waals surface area (Å²) in [6.07, 6.45) is 0.797. The Morgan fingerprint density at radius 2 is 1.95 bits per heavy atom. The van der Waals surface area contributed by atoms with Crippen LogP contribution in [-0.2, 0) is 19.6 Å². The molecule has 20 heavy (non-hydrogen) atoms. The number of aliphatic hydroxyl groups is 1. The van der Waals surface area contributed by atoms with E-state index in [1.807, 2.05) is 24.3 Å². The summed E-state index contributed by atoms with van der Waals surface area (Å²) in [5, 5.41) is 15.2. The van der Waals surface area contributed by atoms with Gasteiger partial charge in [0.25, 0.3) is 0 Å². The third-order valence-electron chi connectivity index (χ3n) is 3.10. The third-order valence-corrected chi connectivity index (χ3v) is 3.90. The van der Waals surface area contributed by atoms with Gasteiger partial charge < -0.3 is 5.11 Å². The van der Waals surface area contributed by atoms with Gasteiger partial charge in [-0.1, -0.05) is 55.2 Å². The zero-order valence-corrected chi connectivity index (χ0v) is 13.1. The lowest BCUT2D eigenvalue weighted by molar-refractivity contribution is 0.280. The first-order valence-corrected chi connectivity index (χ1v) is 7.36. The van der Waals surface area contributed by atoms with Crippen LogP contribution in [-0.4, -0.2) is 14.9 Å². The molecule has 0 bridgehead atoms. The molecule has 0 unspecified atom stereocenters. The molecule has 5 heteroatoms. The highest BCUT2D eigenvalue weighted by molar-refractivity contribution is 6.31. The van der Waals surface area contributed by atoms with Crippen LogP contribution in [0.1, 0.15) is 30.7 Å². The first kappa shape index (κ1) is 15.4. The second kappa shape index (κ2) is 6.61.